The van der Waals surface area contributed by atoms with E-state index in [0.29, 0.717) is 0 Å². The highest BCUT2D eigenvalue weighted by atomic mass is 14.3. The molecule has 0 saturated heterocycles. The molecule has 0 heteroatoms. The van der Waals surface area contributed by atoms with E-state index in [-0.39, 0.29) is 5.41 Å². The van der Waals surface area contributed by atoms with Crippen molar-refractivity contribution in [2.75, 3.05) is 0 Å². The SMILES string of the molecule is C1#CC(c2ccccc2)(c2ccccc2)CCCCCCC1. The van der Waals surface area contributed by atoms with Crippen molar-refractivity contribution < 1.29 is 0 Å². The summed E-state index contributed by atoms with van der Waals surface area (Å²) in [5.74, 6) is 7.18. The maximum absolute atomic E-state index is 3.69. The van der Waals surface area contributed by atoms with Gasteiger partial charge < -0.3 is 0 Å². The molecule has 2 aromatic carbocycles. The summed E-state index contributed by atoms with van der Waals surface area (Å²) >= 11 is 0. The normalized spacial score (nSPS) is 18.0. The first kappa shape index (κ1) is 14.9. The lowest BCUT2D eigenvalue weighted by atomic mass is 9.71. The molecule has 0 aromatic heterocycles. The van der Waals surface area contributed by atoms with E-state index in [4.69, 9.17) is 0 Å². The van der Waals surface area contributed by atoms with Crippen molar-refractivity contribution in [3.05, 3.63) is 71.8 Å². The van der Waals surface area contributed by atoms with Gasteiger partial charge in [0.15, 0.2) is 0 Å². The molecule has 1 aliphatic carbocycles. The van der Waals surface area contributed by atoms with Crippen LogP contribution in [0.25, 0.3) is 0 Å². The van der Waals surface area contributed by atoms with Gasteiger partial charge in [0.1, 0.15) is 0 Å². The molecule has 0 fully saturated rings. The average Bonchev–Trinajstić information content (AvgIpc) is 2.61. The van der Waals surface area contributed by atoms with E-state index in [2.05, 4.69) is 72.5 Å². The molecule has 1 aliphatic rings. The number of benzene rings is 2. The summed E-state index contributed by atoms with van der Waals surface area (Å²) in [6.45, 7) is 0. The zero-order valence-electron chi connectivity index (χ0n) is 13.2. The van der Waals surface area contributed by atoms with Crippen LogP contribution in [-0.2, 0) is 5.41 Å². The minimum Gasteiger partial charge on any atom is -0.102 e. The van der Waals surface area contributed by atoms with Gasteiger partial charge in [-0.25, -0.2) is 0 Å². The molecule has 0 nitrogen and oxygen atoms in total. The van der Waals surface area contributed by atoms with Crippen LogP contribution >= 0.6 is 0 Å². The van der Waals surface area contributed by atoms with Gasteiger partial charge >= 0.3 is 0 Å². The third kappa shape index (κ3) is 3.25. The van der Waals surface area contributed by atoms with Crippen molar-refractivity contribution in [1.82, 2.24) is 0 Å². The number of hydrogen-bond donors (Lipinski definition) is 0. The smallest absolute Gasteiger partial charge is 0.0811 e. The fraction of sp³-hybridized carbons (Fsp3) is 0.364. The summed E-state index contributed by atoms with van der Waals surface area (Å²) in [5.41, 5.74) is 2.54. The van der Waals surface area contributed by atoms with Crippen LogP contribution in [0.4, 0.5) is 0 Å². The third-order valence-electron chi connectivity index (χ3n) is 4.69. The highest BCUT2D eigenvalue weighted by molar-refractivity contribution is 5.48. The van der Waals surface area contributed by atoms with Crippen molar-refractivity contribution in [3.63, 3.8) is 0 Å². The Morgan fingerprint density at radius 3 is 1.82 bits per heavy atom. The summed E-state index contributed by atoms with van der Waals surface area (Å²) in [5, 5.41) is 0. The quantitative estimate of drug-likeness (QED) is 0.620. The monoisotopic (exact) mass is 288 g/mol. The van der Waals surface area contributed by atoms with Crippen molar-refractivity contribution in [1.29, 1.82) is 0 Å². The van der Waals surface area contributed by atoms with Crippen LogP contribution in [0.3, 0.4) is 0 Å². The molecule has 0 atom stereocenters. The van der Waals surface area contributed by atoms with Crippen LogP contribution in [0.15, 0.2) is 60.7 Å². The zero-order valence-corrected chi connectivity index (χ0v) is 13.2. The van der Waals surface area contributed by atoms with E-state index in [1.807, 2.05) is 0 Å². The second-order valence-electron chi connectivity index (χ2n) is 6.21. The Hall–Kier alpha value is -2.00. The Morgan fingerprint density at radius 2 is 1.18 bits per heavy atom. The lowest BCUT2D eigenvalue weighted by Gasteiger charge is -2.30. The van der Waals surface area contributed by atoms with E-state index >= 15 is 0 Å². The standard InChI is InChI=1S/C22H24/c1-2-4-12-18-22(19-13-5-3-1,20-14-8-6-9-15-20)21-16-10-7-11-17-21/h6-11,14-17H,1-5,12,18H2. The molecule has 0 spiro atoms. The Balaban J connectivity index is 2.10. The van der Waals surface area contributed by atoms with Gasteiger partial charge in [0, 0.05) is 6.42 Å². The third-order valence-corrected chi connectivity index (χ3v) is 4.69. The van der Waals surface area contributed by atoms with E-state index in [1.54, 1.807) is 0 Å². The molecule has 0 unspecified atom stereocenters. The Morgan fingerprint density at radius 1 is 0.636 bits per heavy atom. The minimum atomic E-state index is -0.139. The lowest BCUT2D eigenvalue weighted by Crippen LogP contribution is -2.26. The molecule has 112 valence electrons. The molecule has 3 rings (SSSR count). The van der Waals surface area contributed by atoms with Gasteiger partial charge in [0.05, 0.1) is 5.41 Å². The fourth-order valence-electron chi connectivity index (χ4n) is 3.45. The van der Waals surface area contributed by atoms with Crippen LogP contribution in [0, 0.1) is 11.8 Å². The summed E-state index contributed by atoms with van der Waals surface area (Å²) < 4.78 is 0. The second kappa shape index (κ2) is 7.32. The van der Waals surface area contributed by atoms with Crippen molar-refractivity contribution in [3.8, 4) is 11.8 Å². The molecule has 0 aliphatic heterocycles. The van der Waals surface area contributed by atoms with E-state index in [9.17, 15) is 0 Å². The zero-order chi connectivity index (χ0) is 15.1. The van der Waals surface area contributed by atoms with Crippen LogP contribution in [0.2, 0.25) is 0 Å². The largest absolute Gasteiger partial charge is 0.102 e. The van der Waals surface area contributed by atoms with Gasteiger partial charge in [-0.15, -0.1) is 5.92 Å². The molecule has 0 heterocycles. The molecular formula is C22H24. The Kier molecular flexibility index (Phi) is 4.96. The molecule has 0 radical (unpaired) electrons. The first-order chi connectivity index (χ1) is 10.9. The molecule has 0 N–H and O–H groups in total. The van der Waals surface area contributed by atoms with E-state index in [0.717, 1.165) is 12.8 Å². The average molecular weight is 288 g/mol. The van der Waals surface area contributed by atoms with Crippen molar-refractivity contribution in [2.45, 2.75) is 50.4 Å². The van der Waals surface area contributed by atoms with E-state index in [1.165, 1.54) is 43.2 Å². The molecule has 0 saturated carbocycles. The van der Waals surface area contributed by atoms with Crippen molar-refractivity contribution >= 4 is 0 Å². The van der Waals surface area contributed by atoms with Gasteiger partial charge in [-0.3, -0.25) is 0 Å². The predicted octanol–water partition coefficient (Wildman–Crippen LogP) is 5.72. The maximum Gasteiger partial charge on any atom is 0.0811 e. The number of hydrogen-bond acceptors (Lipinski definition) is 0. The van der Waals surface area contributed by atoms with Crippen LogP contribution < -0.4 is 0 Å². The summed E-state index contributed by atoms with van der Waals surface area (Å²) in [6, 6.07) is 21.7. The van der Waals surface area contributed by atoms with Gasteiger partial charge in [0.2, 0.25) is 0 Å². The first-order valence-corrected chi connectivity index (χ1v) is 8.53. The van der Waals surface area contributed by atoms with Crippen LogP contribution in [-0.4, -0.2) is 0 Å². The highest BCUT2D eigenvalue weighted by Crippen LogP contribution is 2.37. The summed E-state index contributed by atoms with van der Waals surface area (Å²) in [6.07, 6.45) is 8.64. The minimum absolute atomic E-state index is 0.139. The molecule has 2 aromatic rings. The lowest BCUT2D eigenvalue weighted by molar-refractivity contribution is 0.519. The summed E-state index contributed by atoms with van der Waals surface area (Å²) in [4.78, 5) is 0. The molecule has 0 bridgehead atoms. The maximum atomic E-state index is 3.69. The molecular weight excluding hydrogens is 264 g/mol. The second-order valence-corrected chi connectivity index (χ2v) is 6.21. The predicted molar refractivity (Wildman–Crippen MR) is 93.8 cm³/mol. The Bertz CT molecular complexity index is 588. The molecule has 22 heavy (non-hydrogen) atoms. The fourth-order valence-corrected chi connectivity index (χ4v) is 3.45. The Labute approximate surface area is 134 Å². The molecule has 0 amide bonds. The van der Waals surface area contributed by atoms with Crippen molar-refractivity contribution in [2.24, 2.45) is 0 Å². The number of rotatable bonds is 2. The van der Waals surface area contributed by atoms with Gasteiger partial charge in [-0.2, -0.15) is 0 Å². The summed E-state index contributed by atoms with van der Waals surface area (Å²) in [7, 11) is 0. The van der Waals surface area contributed by atoms with Gasteiger partial charge in [0.25, 0.3) is 0 Å². The first-order valence-electron chi connectivity index (χ1n) is 8.53. The van der Waals surface area contributed by atoms with E-state index < -0.39 is 0 Å². The van der Waals surface area contributed by atoms with Crippen LogP contribution in [0.5, 0.6) is 0 Å². The van der Waals surface area contributed by atoms with Gasteiger partial charge in [-0.05, 0) is 24.0 Å². The van der Waals surface area contributed by atoms with Gasteiger partial charge in [-0.1, -0.05) is 92.3 Å². The topological polar surface area (TPSA) is 0 Å². The van der Waals surface area contributed by atoms with Crippen LogP contribution in [0.1, 0.15) is 56.1 Å². The highest BCUT2D eigenvalue weighted by Gasteiger charge is 2.31.